The Morgan fingerprint density at radius 3 is 2.74 bits per heavy atom. The molecule has 2 aromatic rings. The summed E-state index contributed by atoms with van der Waals surface area (Å²) < 4.78 is 27.3. The van der Waals surface area contributed by atoms with E-state index in [0.717, 1.165) is 34.1 Å². The number of benzene rings is 1. The highest BCUT2D eigenvalue weighted by molar-refractivity contribution is 6.00. The molecule has 0 amide bonds. The van der Waals surface area contributed by atoms with Crippen molar-refractivity contribution in [2.45, 2.75) is 20.3 Å². The number of anilines is 1. The highest BCUT2D eigenvalue weighted by Gasteiger charge is 2.30. The van der Waals surface area contributed by atoms with Crippen molar-refractivity contribution in [3.63, 3.8) is 0 Å². The third-order valence-corrected chi connectivity index (χ3v) is 5.71. The van der Waals surface area contributed by atoms with Crippen molar-refractivity contribution < 1.29 is 13.9 Å². The molecule has 7 nitrogen and oxygen atoms in total. The second kappa shape index (κ2) is 9.05. The van der Waals surface area contributed by atoms with Crippen molar-refractivity contribution in [3.05, 3.63) is 102 Å². The van der Waals surface area contributed by atoms with Crippen LogP contribution < -0.4 is 5.01 Å². The van der Waals surface area contributed by atoms with Crippen LogP contribution in [-0.2, 0) is 9.47 Å². The maximum Gasteiger partial charge on any atom is 0.191 e. The lowest BCUT2D eigenvalue weighted by molar-refractivity contribution is 0.166. The number of imidazole rings is 1. The fraction of sp³-hybridized carbons (Fsp3) is 0.231. The third kappa shape index (κ3) is 4.26. The number of rotatable bonds is 4. The number of aryl methyl sites for hydroxylation is 1. The molecular weight excluding hydrogens is 433 g/mol. The Labute approximate surface area is 198 Å². The number of hydrogen-bond donors (Lipinski definition) is 0. The topological polar surface area (TPSA) is 55.1 Å². The molecule has 1 fully saturated rings. The van der Waals surface area contributed by atoms with E-state index < -0.39 is 0 Å². The van der Waals surface area contributed by atoms with E-state index in [9.17, 15) is 4.39 Å². The number of nitrogens with zero attached hydrogens (tertiary/aromatic N) is 5. The van der Waals surface area contributed by atoms with Crippen LogP contribution in [0.4, 0.5) is 10.1 Å². The fourth-order valence-electron chi connectivity index (χ4n) is 4.13. The van der Waals surface area contributed by atoms with Gasteiger partial charge in [0.05, 0.1) is 42.8 Å². The monoisotopic (exact) mass is 459 g/mol. The molecule has 34 heavy (non-hydrogen) atoms. The van der Waals surface area contributed by atoms with Gasteiger partial charge in [0.2, 0.25) is 0 Å². The van der Waals surface area contributed by atoms with Crippen LogP contribution in [0.25, 0.3) is 5.70 Å². The number of aliphatic imine (C=N–C) groups is 1. The molecule has 0 atom stereocenters. The smallest absolute Gasteiger partial charge is 0.191 e. The number of aromatic nitrogens is 2. The van der Waals surface area contributed by atoms with Crippen LogP contribution in [0.5, 0.6) is 0 Å². The third-order valence-electron chi connectivity index (χ3n) is 5.71. The molecule has 0 radical (unpaired) electrons. The summed E-state index contributed by atoms with van der Waals surface area (Å²) in [5.41, 5.74) is 4.57. The lowest BCUT2D eigenvalue weighted by Crippen LogP contribution is -2.51. The average Bonchev–Trinajstić information content (AvgIpc) is 3.15. The molecule has 2 aliphatic heterocycles. The highest BCUT2D eigenvalue weighted by Crippen LogP contribution is 2.29. The predicted octanol–water partition coefficient (Wildman–Crippen LogP) is 4.94. The Morgan fingerprint density at radius 2 is 2.00 bits per heavy atom. The summed E-state index contributed by atoms with van der Waals surface area (Å²) in [5.74, 6) is 1.87. The van der Waals surface area contributed by atoms with E-state index in [4.69, 9.17) is 14.5 Å². The number of fused-ring (bicyclic) bond motifs is 1. The van der Waals surface area contributed by atoms with Crippen LogP contribution in [-0.4, -0.2) is 40.7 Å². The van der Waals surface area contributed by atoms with Gasteiger partial charge in [0.25, 0.3) is 0 Å². The number of methoxy groups -OCH3 is 1. The maximum absolute atomic E-state index is 13.5. The van der Waals surface area contributed by atoms with Crippen molar-refractivity contribution in [2.75, 3.05) is 25.3 Å². The highest BCUT2D eigenvalue weighted by atomic mass is 19.1. The summed E-state index contributed by atoms with van der Waals surface area (Å²) in [4.78, 5) is 9.10. The average molecular weight is 460 g/mol. The molecule has 1 aliphatic carbocycles. The number of halogens is 1. The molecule has 5 rings (SSSR count). The molecule has 0 bridgehead atoms. The van der Waals surface area contributed by atoms with Crippen molar-refractivity contribution in [2.24, 2.45) is 4.99 Å². The molecule has 3 heterocycles. The number of morpholine rings is 1. The van der Waals surface area contributed by atoms with Crippen LogP contribution in [0.3, 0.4) is 0 Å². The molecule has 174 valence electrons. The Morgan fingerprint density at radius 1 is 1.18 bits per heavy atom. The predicted molar refractivity (Wildman–Crippen MR) is 130 cm³/mol. The van der Waals surface area contributed by atoms with Gasteiger partial charge in [-0.1, -0.05) is 12.2 Å². The molecule has 3 aliphatic rings. The van der Waals surface area contributed by atoms with Crippen molar-refractivity contribution >= 4 is 17.2 Å². The van der Waals surface area contributed by atoms with E-state index >= 15 is 0 Å². The van der Waals surface area contributed by atoms with Crippen LogP contribution >= 0.6 is 0 Å². The Hall–Kier alpha value is -4.07. The van der Waals surface area contributed by atoms with Gasteiger partial charge in [-0.05, 0) is 55.8 Å². The van der Waals surface area contributed by atoms with Gasteiger partial charge in [-0.25, -0.2) is 14.4 Å². The Kier molecular flexibility index (Phi) is 5.79. The van der Waals surface area contributed by atoms with Crippen LogP contribution in [0.2, 0.25) is 0 Å². The van der Waals surface area contributed by atoms with Gasteiger partial charge < -0.3 is 14.0 Å². The first-order chi connectivity index (χ1) is 16.5. The minimum atomic E-state index is -0.266. The number of hydrogen-bond acceptors (Lipinski definition) is 6. The first kappa shape index (κ1) is 21.8. The van der Waals surface area contributed by atoms with Gasteiger partial charge >= 0.3 is 0 Å². The summed E-state index contributed by atoms with van der Waals surface area (Å²) in [5, 5.41) is 4.04. The zero-order chi connectivity index (χ0) is 23.7. The van der Waals surface area contributed by atoms with Gasteiger partial charge in [-0.3, -0.25) is 10.0 Å². The van der Waals surface area contributed by atoms with Crippen LogP contribution in [0.15, 0.2) is 95.1 Å². The fourth-order valence-corrected chi connectivity index (χ4v) is 4.13. The molecule has 0 N–H and O–H groups in total. The molecular formula is C26H26FN5O2. The van der Waals surface area contributed by atoms with E-state index in [1.165, 1.54) is 12.1 Å². The molecule has 0 unspecified atom stereocenters. The van der Waals surface area contributed by atoms with Gasteiger partial charge in [0.1, 0.15) is 18.2 Å². The van der Waals surface area contributed by atoms with Gasteiger partial charge in [0, 0.05) is 18.8 Å². The number of allylic oxidation sites excluding steroid dienone is 7. The lowest BCUT2D eigenvalue weighted by atomic mass is 10.1. The normalized spacial score (nSPS) is 19.3. The maximum atomic E-state index is 13.5. The summed E-state index contributed by atoms with van der Waals surface area (Å²) in [6, 6.07) is 6.43. The molecule has 0 spiro atoms. The van der Waals surface area contributed by atoms with E-state index in [2.05, 4.69) is 17.1 Å². The molecule has 1 aromatic heterocycles. The lowest BCUT2D eigenvalue weighted by Gasteiger charge is -2.41. The standard InChI is InChI=1S/C26H26FN5O2/c1-18-15-30(17-28-18)23-6-4-5-20(13-24(23)33-3)14-25-26-29-19(2)16-32(31(26)11-12-34-25)22-9-7-21(27)8-10-22/h4-5,7-10,13-17H,6,11-12H2,1-3H3/b25-14-. The van der Waals surface area contributed by atoms with Gasteiger partial charge in [-0.2, -0.15) is 0 Å². The number of hydrazine groups is 1. The first-order valence-electron chi connectivity index (χ1n) is 11.1. The summed E-state index contributed by atoms with van der Waals surface area (Å²) >= 11 is 0. The van der Waals surface area contributed by atoms with E-state index in [1.807, 2.05) is 53.0 Å². The van der Waals surface area contributed by atoms with E-state index in [1.54, 1.807) is 25.6 Å². The van der Waals surface area contributed by atoms with Gasteiger partial charge in [-0.15, -0.1) is 0 Å². The molecule has 1 saturated heterocycles. The second-order valence-electron chi connectivity index (χ2n) is 8.20. The summed E-state index contributed by atoms with van der Waals surface area (Å²) in [6.07, 6.45) is 14.5. The first-order valence-corrected chi connectivity index (χ1v) is 11.1. The quantitative estimate of drug-likeness (QED) is 0.648. The zero-order valence-electron chi connectivity index (χ0n) is 19.4. The summed E-state index contributed by atoms with van der Waals surface area (Å²) in [7, 11) is 1.67. The zero-order valence-corrected chi connectivity index (χ0v) is 19.4. The minimum Gasteiger partial charge on any atom is -0.495 e. The van der Waals surface area contributed by atoms with Crippen molar-refractivity contribution in [1.29, 1.82) is 0 Å². The SMILES string of the molecule is COC1=C(n2cnc(C)c2)CC=CC(/C=C2\OCCN3C2=NC(C)=CN3c2ccc(F)cc2)=C1. The Balaban J connectivity index is 1.50. The van der Waals surface area contributed by atoms with Crippen LogP contribution in [0.1, 0.15) is 19.0 Å². The second-order valence-corrected chi connectivity index (χ2v) is 8.20. The van der Waals surface area contributed by atoms with Crippen molar-refractivity contribution in [3.8, 4) is 0 Å². The van der Waals surface area contributed by atoms with E-state index in [-0.39, 0.29) is 5.82 Å². The van der Waals surface area contributed by atoms with Crippen molar-refractivity contribution in [1.82, 2.24) is 14.6 Å². The molecule has 8 heteroatoms. The van der Waals surface area contributed by atoms with Crippen LogP contribution in [0, 0.1) is 12.7 Å². The summed E-state index contributed by atoms with van der Waals surface area (Å²) in [6.45, 7) is 5.02. The van der Waals surface area contributed by atoms with Gasteiger partial charge in [0.15, 0.2) is 11.6 Å². The molecule has 1 aromatic carbocycles. The Bertz CT molecular complexity index is 1280. The largest absolute Gasteiger partial charge is 0.495 e. The molecule has 0 saturated carbocycles. The minimum absolute atomic E-state index is 0.266. The number of ether oxygens (including phenoxy) is 2. The van der Waals surface area contributed by atoms with E-state index in [0.29, 0.717) is 31.2 Å². The number of amidine groups is 1.